The molecule has 0 aromatic rings. The SMILES string of the molecule is COP(=O)(OC)C(=O)C[C@H]1COC(C)(C)N1C(=O)OC(C)(C)C. The smallest absolute Gasteiger partial charge is 0.412 e. The molecule has 1 aliphatic rings. The van der Waals surface area contributed by atoms with Crippen molar-refractivity contribution in [2.45, 2.75) is 58.4 Å². The lowest BCUT2D eigenvalue weighted by atomic mass is 10.1. The van der Waals surface area contributed by atoms with Crippen LogP contribution in [0.4, 0.5) is 4.79 Å². The molecule has 1 fully saturated rings. The quantitative estimate of drug-likeness (QED) is 0.703. The fourth-order valence-corrected chi connectivity index (χ4v) is 3.30. The molecule has 9 heteroatoms. The highest BCUT2D eigenvalue weighted by Gasteiger charge is 2.48. The molecule has 0 bridgehead atoms. The highest BCUT2D eigenvalue weighted by molar-refractivity contribution is 7.71. The molecule has 0 aliphatic carbocycles. The van der Waals surface area contributed by atoms with Crippen molar-refractivity contribution in [3.63, 3.8) is 0 Å². The third-order valence-electron chi connectivity index (χ3n) is 3.36. The van der Waals surface area contributed by atoms with Crippen molar-refractivity contribution in [2.75, 3.05) is 20.8 Å². The molecule has 0 spiro atoms. The number of carbonyl (C=O) groups excluding carboxylic acids is 2. The zero-order valence-corrected chi connectivity index (χ0v) is 15.6. The van der Waals surface area contributed by atoms with E-state index in [4.69, 9.17) is 18.5 Å². The Balaban J connectivity index is 2.95. The average Bonchev–Trinajstić information content (AvgIpc) is 2.70. The summed E-state index contributed by atoms with van der Waals surface area (Å²) in [5, 5.41) is 0. The van der Waals surface area contributed by atoms with Gasteiger partial charge in [0.1, 0.15) is 11.3 Å². The summed E-state index contributed by atoms with van der Waals surface area (Å²) in [7, 11) is -1.55. The molecular formula is C14H26NO7P. The van der Waals surface area contributed by atoms with Gasteiger partial charge in [0.2, 0.25) is 5.52 Å². The van der Waals surface area contributed by atoms with E-state index in [1.54, 1.807) is 34.6 Å². The summed E-state index contributed by atoms with van der Waals surface area (Å²) in [6.07, 6.45) is -0.802. The van der Waals surface area contributed by atoms with Crippen molar-refractivity contribution in [3.05, 3.63) is 0 Å². The first kappa shape index (κ1) is 20.1. The predicted octanol–water partition coefficient (Wildman–Crippen LogP) is 2.76. The lowest BCUT2D eigenvalue weighted by Gasteiger charge is -2.35. The molecule has 134 valence electrons. The monoisotopic (exact) mass is 351 g/mol. The van der Waals surface area contributed by atoms with Gasteiger partial charge in [0, 0.05) is 20.6 Å². The minimum absolute atomic E-state index is 0.130. The standard InChI is InChI=1S/C14H26NO7P/c1-13(2,3)22-12(17)15-10(9-21-14(15,4)5)8-11(16)23(18,19-6)20-7/h10H,8-9H2,1-7H3/t10-/m0/s1. The van der Waals surface area contributed by atoms with Crippen LogP contribution in [0.1, 0.15) is 41.0 Å². The van der Waals surface area contributed by atoms with E-state index >= 15 is 0 Å². The zero-order valence-electron chi connectivity index (χ0n) is 14.7. The van der Waals surface area contributed by atoms with Crippen LogP contribution in [0.2, 0.25) is 0 Å². The third kappa shape index (κ3) is 4.76. The van der Waals surface area contributed by atoms with Gasteiger partial charge < -0.3 is 18.5 Å². The Bertz CT molecular complexity index is 504. The Morgan fingerprint density at radius 3 is 2.22 bits per heavy atom. The number of hydrogen-bond acceptors (Lipinski definition) is 7. The first-order valence-electron chi connectivity index (χ1n) is 7.27. The van der Waals surface area contributed by atoms with Gasteiger partial charge in [-0.15, -0.1) is 0 Å². The molecule has 1 atom stereocenters. The van der Waals surface area contributed by atoms with Crippen LogP contribution in [0.5, 0.6) is 0 Å². The summed E-state index contributed by atoms with van der Waals surface area (Å²) in [4.78, 5) is 26.0. The van der Waals surface area contributed by atoms with Gasteiger partial charge in [0.05, 0.1) is 12.6 Å². The van der Waals surface area contributed by atoms with Crippen molar-refractivity contribution in [2.24, 2.45) is 0 Å². The maximum absolute atomic E-state index is 12.4. The van der Waals surface area contributed by atoms with Crippen LogP contribution in [-0.4, -0.2) is 54.7 Å². The minimum atomic E-state index is -3.84. The summed E-state index contributed by atoms with van der Waals surface area (Å²) in [5.41, 5.74) is -2.32. The van der Waals surface area contributed by atoms with Crippen molar-refractivity contribution >= 4 is 19.2 Å². The predicted molar refractivity (Wildman–Crippen MR) is 83.1 cm³/mol. The highest BCUT2D eigenvalue weighted by atomic mass is 31.2. The second kappa shape index (κ2) is 6.89. The average molecular weight is 351 g/mol. The number of carbonyl (C=O) groups is 2. The van der Waals surface area contributed by atoms with Crippen LogP contribution in [0.15, 0.2) is 0 Å². The Kier molecular flexibility index (Phi) is 6.02. The van der Waals surface area contributed by atoms with Gasteiger partial charge in [0.25, 0.3) is 0 Å². The molecule has 23 heavy (non-hydrogen) atoms. The topological polar surface area (TPSA) is 91.4 Å². The molecule has 0 aromatic heterocycles. The lowest BCUT2D eigenvalue weighted by Crippen LogP contribution is -2.50. The largest absolute Gasteiger partial charge is 0.444 e. The Morgan fingerprint density at radius 1 is 1.26 bits per heavy atom. The van der Waals surface area contributed by atoms with Gasteiger partial charge in [0.15, 0.2) is 0 Å². The number of rotatable bonds is 5. The molecule has 1 heterocycles. The molecule has 0 N–H and O–H groups in total. The molecule has 0 aromatic carbocycles. The number of ether oxygens (including phenoxy) is 2. The summed E-state index contributed by atoms with van der Waals surface area (Å²) >= 11 is 0. The maximum Gasteiger partial charge on any atom is 0.412 e. The molecule has 1 aliphatic heterocycles. The van der Waals surface area contributed by atoms with Gasteiger partial charge in [-0.25, -0.2) is 4.79 Å². The fraction of sp³-hybridized carbons (Fsp3) is 0.857. The maximum atomic E-state index is 12.4. The zero-order chi connectivity index (χ0) is 18.1. The third-order valence-corrected chi connectivity index (χ3v) is 5.12. The number of hydrogen-bond donors (Lipinski definition) is 0. The van der Waals surface area contributed by atoms with E-state index in [0.717, 1.165) is 14.2 Å². The fourth-order valence-electron chi connectivity index (χ4n) is 2.31. The van der Waals surface area contributed by atoms with Crippen LogP contribution in [-0.2, 0) is 27.9 Å². The van der Waals surface area contributed by atoms with Crippen LogP contribution in [0, 0.1) is 0 Å². The molecular weight excluding hydrogens is 325 g/mol. The molecule has 0 saturated carbocycles. The Morgan fingerprint density at radius 2 is 1.78 bits per heavy atom. The van der Waals surface area contributed by atoms with E-state index in [9.17, 15) is 14.2 Å². The van der Waals surface area contributed by atoms with E-state index in [1.807, 2.05) is 0 Å². The molecule has 1 amide bonds. The summed E-state index contributed by atoms with van der Waals surface area (Å²) < 4.78 is 32.5. The van der Waals surface area contributed by atoms with Crippen LogP contribution in [0.25, 0.3) is 0 Å². The minimum Gasteiger partial charge on any atom is -0.444 e. The summed E-state index contributed by atoms with van der Waals surface area (Å²) in [6, 6.07) is -0.606. The summed E-state index contributed by atoms with van der Waals surface area (Å²) in [5.74, 6) is 0. The Labute approximate surface area is 136 Å². The molecule has 8 nitrogen and oxygen atoms in total. The van der Waals surface area contributed by atoms with E-state index < -0.39 is 36.6 Å². The van der Waals surface area contributed by atoms with Gasteiger partial charge in [-0.2, -0.15) is 0 Å². The van der Waals surface area contributed by atoms with Gasteiger partial charge in [-0.3, -0.25) is 14.3 Å². The second-order valence-corrected chi connectivity index (χ2v) is 8.95. The van der Waals surface area contributed by atoms with E-state index in [0.29, 0.717) is 0 Å². The lowest BCUT2D eigenvalue weighted by molar-refractivity contribution is -0.114. The first-order chi connectivity index (χ1) is 10.4. The molecule has 0 unspecified atom stereocenters. The van der Waals surface area contributed by atoms with Crippen molar-refractivity contribution in [3.8, 4) is 0 Å². The van der Waals surface area contributed by atoms with Crippen molar-refractivity contribution < 1.29 is 32.7 Å². The van der Waals surface area contributed by atoms with Crippen molar-refractivity contribution in [1.82, 2.24) is 4.90 Å². The normalized spacial score (nSPS) is 21.3. The van der Waals surface area contributed by atoms with E-state index in [2.05, 4.69) is 0 Å². The first-order valence-corrected chi connectivity index (χ1v) is 8.82. The van der Waals surface area contributed by atoms with Gasteiger partial charge in [-0.1, -0.05) is 0 Å². The van der Waals surface area contributed by atoms with E-state index in [1.165, 1.54) is 4.90 Å². The second-order valence-electron chi connectivity index (χ2n) is 6.72. The molecule has 0 radical (unpaired) electrons. The number of nitrogens with zero attached hydrogens (tertiary/aromatic N) is 1. The molecule has 1 saturated heterocycles. The van der Waals surface area contributed by atoms with Crippen LogP contribution < -0.4 is 0 Å². The summed E-state index contributed by atoms with van der Waals surface area (Å²) in [6.45, 7) is 8.78. The molecule has 1 rings (SSSR count). The Hall–Kier alpha value is -0.950. The highest BCUT2D eigenvalue weighted by Crippen LogP contribution is 2.49. The van der Waals surface area contributed by atoms with E-state index in [-0.39, 0.29) is 13.0 Å². The van der Waals surface area contributed by atoms with Crippen LogP contribution >= 0.6 is 7.60 Å². The van der Waals surface area contributed by atoms with Crippen molar-refractivity contribution in [1.29, 1.82) is 0 Å². The number of amides is 1. The van der Waals surface area contributed by atoms with Crippen LogP contribution in [0.3, 0.4) is 0 Å². The van der Waals surface area contributed by atoms with Gasteiger partial charge >= 0.3 is 13.7 Å². The van der Waals surface area contributed by atoms with Gasteiger partial charge in [-0.05, 0) is 34.6 Å².